The Morgan fingerprint density at radius 2 is 1.64 bits per heavy atom. The van der Waals surface area contributed by atoms with Gasteiger partial charge in [-0.3, -0.25) is 38.5 Å². The van der Waals surface area contributed by atoms with E-state index in [1.165, 1.54) is 43.8 Å². The van der Waals surface area contributed by atoms with Crippen LogP contribution in [0, 0.1) is 17.8 Å². The monoisotopic (exact) mass is 635 g/mol. The van der Waals surface area contributed by atoms with Gasteiger partial charge in [0, 0.05) is 40.1 Å². The summed E-state index contributed by atoms with van der Waals surface area (Å²) in [5, 5.41) is 22.6. The highest BCUT2D eigenvalue weighted by Crippen LogP contribution is 2.27. The number of aliphatic hydroxyl groups excluding tert-OH is 1. The van der Waals surface area contributed by atoms with E-state index in [4.69, 9.17) is 0 Å². The average molecular weight is 636 g/mol. The Labute approximate surface area is 264 Å². The number of imide groups is 1. The van der Waals surface area contributed by atoms with Gasteiger partial charge in [-0.2, -0.15) is 0 Å². The number of nitrogens with one attached hydrogen (secondary N) is 1. The first kappa shape index (κ1) is 37.4. The minimum Gasteiger partial charge on any atom is -0.481 e. The molecule has 0 radical (unpaired) electrons. The molecule has 0 saturated carbocycles. The number of aliphatic hydroxyl groups is 1. The van der Waals surface area contributed by atoms with Gasteiger partial charge in [-0.05, 0) is 31.1 Å². The summed E-state index contributed by atoms with van der Waals surface area (Å²) >= 11 is 0. The van der Waals surface area contributed by atoms with Gasteiger partial charge in [0.25, 0.3) is 11.8 Å². The number of likely N-dealkylation sites (N-methyl/N-ethyl adjacent to an activating group) is 2. The van der Waals surface area contributed by atoms with Crippen molar-refractivity contribution in [3.05, 3.63) is 12.2 Å². The van der Waals surface area contributed by atoms with Gasteiger partial charge in [-0.1, -0.05) is 40.7 Å². The van der Waals surface area contributed by atoms with Crippen molar-refractivity contribution in [2.75, 3.05) is 20.6 Å². The number of carbonyl (C=O) groups is 7. The Morgan fingerprint density at radius 1 is 1.04 bits per heavy atom. The lowest BCUT2D eigenvalue weighted by atomic mass is 9.93. The molecule has 0 aromatic carbocycles. The van der Waals surface area contributed by atoms with Gasteiger partial charge in [-0.25, -0.2) is 0 Å². The normalized spacial score (nSPS) is 22.3. The number of carboxylic acids is 1. The highest BCUT2D eigenvalue weighted by atomic mass is 16.4. The number of β-amino-alcohol motifs (C(OH)–C–C–N with tert-alkyl or cyclic N) is 1. The maximum Gasteiger partial charge on any atom is 0.303 e. The number of carbonyl (C=O) groups excluding carboxylic acids is 6. The lowest BCUT2D eigenvalue weighted by Crippen LogP contribution is -2.61. The molecule has 2 rings (SSSR count). The molecule has 2 aliphatic rings. The highest BCUT2D eigenvalue weighted by Gasteiger charge is 2.47. The van der Waals surface area contributed by atoms with Gasteiger partial charge in [0.05, 0.1) is 18.6 Å². The van der Waals surface area contributed by atoms with E-state index in [1.54, 1.807) is 26.8 Å². The van der Waals surface area contributed by atoms with Crippen molar-refractivity contribution < 1.29 is 43.8 Å². The Kier molecular flexibility index (Phi) is 12.8. The van der Waals surface area contributed by atoms with Gasteiger partial charge < -0.3 is 30.2 Å². The Hall–Kier alpha value is -3.81. The molecule has 1 saturated heterocycles. The number of rotatable bonds is 13. The first-order valence-electron chi connectivity index (χ1n) is 15.4. The predicted molar refractivity (Wildman–Crippen MR) is 163 cm³/mol. The van der Waals surface area contributed by atoms with Crippen molar-refractivity contribution in [1.82, 2.24) is 24.9 Å². The predicted octanol–water partition coefficient (Wildman–Crippen LogP) is 0.233. The molecule has 14 heteroatoms. The van der Waals surface area contributed by atoms with Crippen LogP contribution in [0.15, 0.2) is 12.2 Å². The van der Waals surface area contributed by atoms with E-state index < -0.39 is 90.1 Å². The molecule has 0 aromatic heterocycles. The van der Waals surface area contributed by atoms with E-state index in [0.717, 1.165) is 9.80 Å². The summed E-state index contributed by atoms with van der Waals surface area (Å²) in [6, 6.07) is -5.11. The Morgan fingerprint density at radius 3 is 2.11 bits per heavy atom. The van der Waals surface area contributed by atoms with Crippen LogP contribution in [0.2, 0.25) is 0 Å². The summed E-state index contributed by atoms with van der Waals surface area (Å²) in [4.78, 5) is 95.9. The molecule has 2 aliphatic heterocycles. The van der Waals surface area contributed by atoms with E-state index in [1.807, 2.05) is 13.8 Å². The second-order valence-electron chi connectivity index (χ2n) is 13.0. The van der Waals surface area contributed by atoms with Crippen molar-refractivity contribution in [3.63, 3.8) is 0 Å². The summed E-state index contributed by atoms with van der Waals surface area (Å²) in [7, 11) is 2.84. The lowest BCUT2D eigenvalue weighted by molar-refractivity contribution is -0.154. The maximum atomic E-state index is 14.1. The Bertz CT molecular complexity index is 1200. The molecule has 5 unspecified atom stereocenters. The molecule has 7 atom stereocenters. The summed E-state index contributed by atoms with van der Waals surface area (Å²) in [5.41, 5.74) is 0. The number of likely N-dealkylation sites (tertiary alicyclic amines) is 1. The number of nitrogens with zero attached hydrogens (tertiary/aromatic N) is 4. The molecule has 45 heavy (non-hydrogen) atoms. The van der Waals surface area contributed by atoms with Gasteiger partial charge in [0.2, 0.25) is 23.6 Å². The van der Waals surface area contributed by atoms with Gasteiger partial charge >= 0.3 is 5.97 Å². The molecule has 6 amide bonds. The second-order valence-corrected chi connectivity index (χ2v) is 13.0. The standard InChI is InChI=1S/C31H49N5O9/c1-16(2)12-22(33(8)20(7)37)28(42)32-26(18(5)13-25(40)41)30(44)34(9)27(17(3)4)31(45)35-15-21(38)14-23(35)29(43)36-19(6)10-11-24(36)39/h10-11,16-19,21-23,26-27,38H,12-15H2,1-9H3,(H,32,42)(H,40,41)/t18?,19?,21-,22?,23-,26?,27?/m0/s1. The topological polar surface area (TPSA) is 185 Å². The van der Waals surface area contributed by atoms with Crippen LogP contribution in [0.25, 0.3) is 0 Å². The summed E-state index contributed by atoms with van der Waals surface area (Å²) in [5.74, 6) is -6.10. The fourth-order valence-corrected chi connectivity index (χ4v) is 5.97. The van der Waals surface area contributed by atoms with Crippen LogP contribution in [0.1, 0.15) is 67.7 Å². The first-order chi connectivity index (χ1) is 20.8. The van der Waals surface area contributed by atoms with Crippen LogP contribution < -0.4 is 5.32 Å². The summed E-state index contributed by atoms with van der Waals surface area (Å²) in [6.07, 6.45) is 1.55. The lowest BCUT2D eigenvalue weighted by Gasteiger charge is -2.38. The quantitative estimate of drug-likeness (QED) is 0.238. The molecular weight excluding hydrogens is 586 g/mol. The van der Waals surface area contributed by atoms with Crippen molar-refractivity contribution in [2.45, 2.75) is 104 Å². The third kappa shape index (κ3) is 8.89. The zero-order chi connectivity index (χ0) is 34.5. The van der Waals surface area contributed by atoms with Crippen molar-refractivity contribution in [2.24, 2.45) is 17.8 Å². The average Bonchev–Trinajstić information content (AvgIpc) is 3.49. The molecule has 3 N–H and O–H groups in total. The van der Waals surface area contributed by atoms with Crippen LogP contribution in [-0.4, -0.2) is 128 Å². The maximum absolute atomic E-state index is 14.1. The smallest absolute Gasteiger partial charge is 0.303 e. The third-order valence-electron chi connectivity index (χ3n) is 8.49. The molecule has 0 spiro atoms. The van der Waals surface area contributed by atoms with Crippen LogP contribution in [0.3, 0.4) is 0 Å². The molecule has 0 bridgehead atoms. The fraction of sp³-hybridized carbons (Fsp3) is 0.710. The number of amides is 6. The van der Waals surface area contributed by atoms with Crippen LogP contribution in [-0.2, 0) is 33.6 Å². The van der Waals surface area contributed by atoms with E-state index >= 15 is 0 Å². The molecule has 1 fully saturated rings. The first-order valence-corrected chi connectivity index (χ1v) is 15.4. The third-order valence-corrected chi connectivity index (χ3v) is 8.49. The van der Waals surface area contributed by atoms with Gasteiger partial charge in [0.15, 0.2) is 0 Å². The zero-order valence-electron chi connectivity index (χ0n) is 27.7. The highest BCUT2D eigenvalue weighted by molar-refractivity contribution is 6.06. The van der Waals surface area contributed by atoms with Gasteiger partial charge in [0.1, 0.15) is 24.2 Å². The number of hydrogen-bond donors (Lipinski definition) is 3. The van der Waals surface area contributed by atoms with Crippen molar-refractivity contribution in [1.29, 1.82) is 0 Å². The van der Waals surface area contributed by atoms with E-state index in [0.29, 0.717) is 6.42 Å². The largest absolute Gasteiger partial charge is 0.481 e. The minimum atomic E-state index is -1.36. The molecular formula is C31H49N5O9. The number of carboxylic acid groups (broad SMARTS) is 1. The summed E-state index contributed by atoms with van der Waals surface area (Å²) < 4.78 is 0. The minimum absolute atomic E-state index is 0.0138. The van der Waals surface area contributed by atoms with E-state index in [-0.39, 0.29) is 24.8 Å². The molecule has 252 valence electrons. The van der Waals surface area contributed by atoms with E-state index in [9.17, 15) is 43.8 Å². The van der Waals surface area contributed by atoms with Crippen LogP contribution in [0.4, 0.5) is 0 Å². The number of hydrogen-bond acceptors (Lipinski definition) is 8. The van der Waals surface area contributed by atoms with Crippen LogP contribution >= 0.6 is 0 Å². The molecule has 2 heterocycles. The van der Waals surface area contributed by atoms with Crippen molar-refractivity contribution in [3.8, 4) is 0 Å². The molecule has 0 aromatic rings. The SMILES string of the molecule is CC(=O)N(C)C(CC(C)C)C(=O)NC(C(=O)N(C)C(C(=O)N1C[C@@H](O)C[C@H]1C(=O)N1C(=O)C=CC1C)C(C)C)C(C)CC(=O)O. The van der Waals surface area contributed by atoms with E-state index in [2.05, 4.69) is 5.32 Å². The fourth-order valence-electron chi connectivity index (χ4n) is 5.97. The molecule has 0 aliphatic carbocycles. The van der Waals surface area contributed by atoms with Gasteiger partial charge in [-0.15, -0.1) is 0 Å². The van der Waals surface area contributed by atoms with Crippen LogP contribution in [0.5, 0.6) is 0 Å². The molecule has 14 nitrogen and oxygen atoms in total. The zero-order valence-corrected chi connectivity index (χ0v) is 27.7. The Balaban J connectivity index is 2.43. The van der Waals surface area contributed by atoms with Crippen molar-refractivity contribution >= 4 is 41.4 Å². The second kappa shape index (κ2) is 15.5. The number of aliphatic carboxylic acids is 1. The summed E-state index contributed by atoms with van der Waals surface area (Å²) in [6.45, 7) is 11.4.